The molecule has 7 heteroatoms. The molecule has 5 rings (SSSR count). The summed E-state index contributed by atoms with van der Waals surface area (Å²) in [4.78, 5) is 0.206. The first-order chi connectivity index (χ1) is 17.3. The van der Waals surface area contributed by atoms with Gasteiger partial charge in [-0.25, -0.2) is 8.42 Å². The molecule has 0 fully saturated rings. The molecule has 0 aliphatic heterocycles. The van der Waals surface area contributed by atoms with Crippen LogP contribution in [0.5, 0.6) is 5.75 Å². The standard InChI is InChI=1S/C29H23ClINO3S/c1-19-8-15-24(16-9-19)36(33,34)32-29(21-6-4-3-5-7-21)26-18-23(35-2)14-17-25(26)27(28(29)31)20-10-12-22(30)13-11-20/h3-18,32H,1-2H3/t29-/m0/s1. The fourth-order valence-electron chi connectivity index (χ4n) is 4.61. The van der Waals surface area contributed by atoms with Gasteiger partial charge in [0.25, 0.3) is 0 Å². The van der Waals surface area contributed by atoms with E-state index in [1.54, 1.807) is 31.4 Å². The maximum absolute atomic E-state index is 13.9. The molecule has 0 saturated heterocycles. The minimum Gasteiger partial charge on any atom is -0.497 e. The van der Waals surface area contributed by atoms with E-state index < -0.39 is 15.6 Å². The van der Waals surface area contributed by atoms with Crippen molar-refractivity contribution in [3.63, 3.8) is 0 Å². The Bertz CT molecular complexity index is 1570. The van der Waals surface area contributed by atoms with E-state index in [0.29, 0.717) is 10.8 Å². The van der Waals surface area contributed by atoms with Gasteiger partial charge in [0.1, 0.15) is 11.3 Å². The van der Waals surface area contributed by atoms with Crippen molar-refractivity contribution in [3.8, 4) is 5.75 Å². The number of nitrogens with one attached hydrogen (secondary N) is 1. The topological polar surface area (TPSA) is 55.4 Å². The number of aryl methyl sites for hydroxylation is 1. The molecular formula is C29H23ClINO3S. The van der Waals surface area contributed by atoms with Crippen LogP contribution in [0, 0.1) is 6.92 Å². The molecule has 0 saturated carbocycles. The molecule has 4 aromatic carbocycles. The zero-order chi connectivity index (χ0) is 25.5. The number of hydrogen-bond acceptors (Lipinski definition) is 3. The second-order valence-corrected chi connectivity index (χ2v) is 11.8. The number of fused-ring (bicyclic) bond motifs is 1. The number of rotatable bonds is 6. The summed E-state index contributed by atoms with van der Waals surface area (Å²) in [6.45, 7) is 1.93. The van der Waals surface area contributed by atoms with Crippen LogP contribution in [0.1, 0.15) is 27.8 Å². The molecule has 4 aromatic rings. The molecule has 1 N–H and O–H groups in total. The Hall–Kier alpha value is -2.65. The van der Waals surface area contributed by atoms with Gasteiger partial charge in [0.15, 0.2) is 0 Å². The zero-order valence-corrected chi connectivity index (χ0v) is 23.4. The lowest BCUT2D eigenvalue weighted by Gasteiger charge is -2.33. The first kappa shape index (κ1) is 25.0. The zero-order valence-electron chi connectivity index (χ0n) is 19.6. The third-order valence-corrected chi connectivity index (χ3v) is 9.48. The number of ether oxygens (including phenoxy) is 1. The van der Waals surface area contributed by atoms with Crippen molar-refractivity contribution < 1.29 is 13.2 Å². The van der Waals surface area contributed by atoms with E-state index >= 15 is 0 Å². The Labute approximate surface area is 230 Å². The van der Waals surface area contributed by atoms with Crippen LogP contribution in [-0.4, -0.2) is 15.5 Å². The molecule has 1 atom stereocenters. The lowest BCUT2D eigenvalue weighted by atomic mass is 9.85. The highest BCUT2D eigenvalue weighted by atomic mass is 127. The molecule has 0 heterocycles. The first-order valence-electron chi connectivity index (χ1n) is 11.3. The summed E-state index contributed by atoms with van der Waals surface area (Å²) in [6, 6.07) is 29.9. The van der Waals surface area contributed by atoms with Crippen LogP contribution in [0.4, 0.5) is 0 Å². The summed E-state index contributed by atoms with van der Waals surface area (Å²) in [5, 5.41) is 0.636. The third-order valence-electron chi connectivity index (χ3n) is 6.41. The molecule has 1 aliphatic carbocycles. The van der Waals surface area contributed by atoms with Crippen LogP contribution >= 0.6 is 34.2 Å². The van der Waals surface area contributed by atoms with Crippen LogP contribution < -0.4 is 9.46 Å². The van der Waals surface area contributed by atoms with Crippen LogP contribution in [0.25, 0.3) is 5.57 Å². The Morgan fingerprint density at radius 1 is 0.889 bits per heavy atom. The average molecular weight is 628 g/mol. The Morgan fingerprint density at radius 3 is 2.19 bits per heavy atom. The number of benzene rings is 4. The van der Waals surface area contributed by atoms with E-state index in [2.05, 4.69) is 27.3 Å². The highest BCUT2D eigenvalue weighted by molar-refractivity contribution is 14.1. The number of sulfonamides is 1. The van der Waals surface area contributed by atoms with Gasteiger partial charge in [0.05, 0.1) is 12.0 Å². The van der Waals surface area contributed by atoms with E-state index in [4.69, 9.17) is 16.3 Å². The summed E-state index contributed by atoms with van der Waals surface area (Å²) < 4.78 is 37.3. The normalized spacial score (nSPS) is 17.2. The van der Waals surface area contributed by atoms with Crippen molar-refractivity contribution in [3.05, 3.63) is 133 Å². The molecule has 0 aromatic heterocycles. The first-order valence-corrected chi connectivity index (χ1v) is 14.2. The SMILES string of the molecule is COc1ccc2c(c1)[C@@](NS(=O)(=O)c1ccc(C)cc1)(c1ccccc1)C(I)=C2c1ccc(Cl)cc1. The molecule has 0 unspecified atom stereocenters. The summed E-state index contributed by atoms with van der Waals surface area (Å²) in [7, 11) is -2.32. The van der Waals surface area contributed by atoms with Gasteiger partial charge in [-0.15, -0.1) is 0 Å². The largest absolute Gasteiger partial charge is 0.497 e. The lowest BCUT2D eigenvalue weighted by molar-refractivity contribution is 0.413. The minimum absolute atomic E-state index is 0.206. The molecule has 0 spiro atoms. The summed E-state index contributed by atoms with van der Waals surface area (Å²) in [6.07, 6.45) is 0. The molecule has 36 heavy (non-hydrogen) atoms. The maximum atomic E-state index is 13.9. The van der Waals surface area contributed by atoms with E-state index in [9.17, 15) is 8.42 Å². The predicted octanol–water partition coefficient (Wildman–Crippen LogP) is 7.09. The summed E-state index contributed by atoms with van der Waals surface area (Å²) >= 11 is 8.47. The second-order valence-electron chi connectivity index (χ2n) is 8.64. The van der Waals surface area contributed by atoms with E-state index in [1.807, 2.05) is 79.7 Å². The molecule has 182 valence electrons. The fraction of sp³-hybridized carbons (Fsp3) is 0.103. The van der Waals surface area contributed by atoms with Gasteiger partial charge in [0.2, 0.25) is 10.0 Å². The van der Waals surface area contributed by atoms with Crippen molar-refractivity contribution in [1.82, 2.24) is 4.72 Å². The maximum Gasteiger partial charge on any atom is 0.241 e. The van der Waals surface area contributed by atoms with Gasteiger partial charge in [-0.05, 0) is 88.2 Å². The minimum atomic E-state index is -3.93. The highest BCUT2D eigenvalue weighted by Crippen LogP contribution is 2.55. The quantitative estimate of drug-likeness (QED) is 0.232. The Morgan fingerprint density at radius 2 is 1.56 bits per heavy atom. The van der Waals surface area contributed by atoms with Crippen LogP contribution in [-0.2, 0) is 15.6 Å². The molecule has 4 nitrogen and oxygen atoms in total. The van der Waals surface area contributed by atoms with Crippen LogP contribution in [0.15, 0.2) is 106 Å². The van der Waals surface area contributed by atoms with Gasteiger partial charge in [-0.3, -0.25) is 0 Å². The smallest absolute Gasteiger partial charge is 0.241 e. The highest BCUT2D eigenvalue weighted by Gasteiger charge is 2.49. The van der Waals surface area contributed by atoms with Gasteiger partial charge in [-0.1, -0.05) is 77.8 Å². The predicted molar refractivity (Wildman–Crippen MR) is 153 cm³/mol. The average Bonchev–Trinajstić information content (AvgIpc) is 3.12. The van der Waals surface area contributed by atoms with Gasteiger partial charge in [-0.2, -0.15) is 4.72 Å². The summed E-state index contributed by atoms with van der Waals surface area (Å²) in [5.41, 5.74) is 4.26. The van der Waals surface area contributed by atoms with Gasteiger partial charge >= 0.3 is 0 Å². The van der Waals surface area contributed by atoms with Crippen molar-refractivity contribution in [2.75, 3.05) is 7.11 Å². The van der Waals surface area contributed by atoms with Crippen molar-refractivity contribution in [2.45, 2.75) is 17.4 Å². The molecule has 0 radical (unpaired) electrons. The monoisotopic (exact) mass is 627 g/mol. The molecule has 1 aliphatic rings. The number of halogens is 2. The van der Waals surface area contributed by atoms with E-state index in [-0.39, 0.29) is 4.90 Å². The molecule has 0 bridgehead atoms. The van der Waals surface area contributed by atoms with E-state index in [0.717, 1.165) is 37.0 Å². The van der Waals surface area contributed by atoms with Crippen molar-refractivity contribution in [1.29, 1.82) is 0 Å². The number of methoxy groups -OCH3 is 1. The molecule has 0 amide bonds. The fourth-order valence-corrected chi connectivity index (χ4v) is 7.60. The molecular weight excluding hydrogens is 605 g/mol. The second kappa shape index (κ2) is 9.67. The van der Waals surface area contributed by atoms with Gasteiger partial charge in [0, 0.05) is 14.2 Å². The third kappa shape index (κ3) is 4.26. The van der Waals surface area contributed by atoms with E-state index in [1.165, 1.54) is 0 Å². The van der Waals surface area contributed by atoms with Gasteiger partial charge < -0.3 is 4.74 Å². The Balaban J connectivity index is 1.83. The van der Waals surface area contributed by atoms with Crippen molar-refractivity contribution in [2.24, 2.45) is 0 Å². The lowest BCUT2D eigenvalue weighted by Crippen LogP contribution is -2.46. The Kier molecular flexibility index (Phi) is 6.72. The van der Waals surface area contributed by atoms with Crippen LogP contribution in [0.3, 0.4) is 0 Å². The van der Waals surface area contributed by atoms with Crippen LogP contribution in [0.2, 0.25) is 5.02 Å². The number of hydrogen-bond donors (Lipinski definition) is 1. The van der Waals surface area contributed by atoms with Crippen molar-refractivity contribution >= 4 is 49.8 Å². The summed E-state index contributed by atoms with van der Waals surface area (Å²) in [5.74, 6) is 0.644.